The Kier molecular flexibility index (Phi) is 4.61. The fraction of sp³-hybridized carbons (Fsp3) is 0.571. The molecule has 2 nitrogen and oxygen atoms in total. The molecule has 0 aromatic rings. The maximum atomic E-state index is 8.82. The van der Waals surface area contributed by atoms with Gasteiger partial charge in [0.05, 0.1) is 12.1 Å². The van der Waals surface area contributed by atoms with Crippen LogP contribution in [0.25, 0.3) is 0 Å². The lowest BCUT2D eigenvalue weighted by atomic mass is 10.2. The van der Waals surface area contributed by atoms with E-state index in [0.717, 1.165) is 12.8 Å². The van der Waals surface area contributed by atoms with Crippen molar-refractivity contribution in [1.82, 2.24) is 0 Å². The molecule has 0 bridgehead atoms. The Labute approximate surface area is 55.4 Å². The second-order valence-electron chi connectivity index (χ2n) is 1.87. The van der Waals surface area contributed by atoms with Gasteiger partial charge in [-0.3, -0.25) is 0 Å². The third-order valence-corrected chi connectivity index (χ3v) is 1.02. The summed E-state index contributed by atoms with van der Waals surface area (Å²) in [5, 5.41) is 16.9. The maximum absolute atomic E-state index is 8.82. The van der Waals surface area contributed by atoms with E-state index in [9.17, 15) is 0 Å². The van der Waals surface area contributed by atoms with Crippen LogP contribution < -0.4 is 0 Å². The number of aliphatic hydroxyl groups excluding tert-OH is 1. The minimum absolute atomic E-state index is 0.194. The lowest BCUT2D eigenvalue weighted by Gasteiger charge is -1.92. The van der Waals surface area contributed by atoms with E-state index in [4.69, 9.17) is 10.4 Å². The van der Waals surface area contributed by atoms with Crippen LogP contribution in [-0.2, 0) is 0 Å². The van der Waals surface area contributed by atoms with E-state index < -0.39 is 0 Å². The molecule has 0 spiro atoms. The first-order valence-electron chi connectivity index (χ1n) is 3.09. The minimum Gasteiger partial charge on any atom is -0.512 e. The monoisotopic (exact) mass is 125 g/mol. The third kappa shape index (κ3) is 4.89. The molecule has 0 saturated heterocycles. The number of unbranched alkanes of at least 4 members (excludes halogenated alkanes) is 1. The summed E-state index contributed by atoms with van der Waals surface area (Å²) in [6, 6.07) is 1.76. The zero-order chi connectivity index (χ0) is 7.11. The van der Waals surface area contributed by atoms with E-state index in [1.54, 1.807) is 6.07 Å². The summed E-state index contributed by atoms with van der Waals surface area (Å²) in [6.45, 7) is 2.04. The summed E-state index contributed by atoms with van der Waals surface area (Å²) in [7, 11) is 0. The molecule has 0 atom stereocenters. The summed E-state index contributed by atoms with van der Waals surface area (Å²) in [5.74, 6) is 0.194. The van der Waals surface area contributed by atoms with Crippen molar-refractivity contribution in [2.75, 3.05) is 0 Å². The smallest absolute Gasteiger partial charge is 0.103 e. The molecule has 0 unspecified atom stereocenters. The molecule has 50 valence electrons. The van der Waals surface area contributed by atoms with E-state index in [1.165, 1.54) is 6.08 Å². The molecular weight excluding hydrogens is 114 g/mol. The van der Waals surface area contributed by atoms with Gasteiger partial charge >= 0.3 is 0 Å². The lowest BCUT2D eigenvalue weighted by molar-refractivity contribution is 0.383. The van der Waals surface area contributed by atoms with Crippen molar-refractivity contribution in [3.8, 4) is 6.07 Å². The molecule has 0 amide bonds. The van der Waals surface area contributed by atoms with E-state index in [0.29, 0.717) is 6.42 Å². The van der Waals surface area contributed by atoms with E-state index >= 15 is 0 Å². The largest absolute Gasteiger partial charge is 0.512 e. The van der Waals surface area contributed by atoms with Gasteiger partial charge in [-0.05, 0) is 6.42 Å². The highest BCUT2D eigenvalue weighted by atomic mass is 16.3. The molecular formula is C7H11NO. The number of allylic oxidation sites excluding steroid dienone is 2. The zero-order valence-electron chi connectivity index (χ0n) is 5.59. The van der Waals surface area contributed by atoms with Crippen LogP contribution in [0.3, 0.4) is 0 Å². The molecule has 0 radical (unpaired) electrons. The van der Waals surface area contributed by atoms with Gasteiger partial charge in [-0.15, -0.1) is 0 Å². The summed E-state index contributed by atoms with van der Waals surface area (Å²) in [4.78, 5) is 0. The quantitative estimate of drug-likeness (QED) is 0.464. The molecule has 0 aliphatic rings. The number of hydrogen-bond donors (Lipinski definition) is 1. The topological polar surface area (TPSA) is 44.0 Å². The Morgan fingerprint density at radius 1 is 1.78 bits per heavy atom. The van der Waals surface area contributed by atoms with Gasteiger partial charge in [-0.2, -0.15) is 5.26 Å². The van der Waals surface area contributed by atoms with Crippen molar-refractivity contribution in [2.45, 2.75) is 26.2 Å². The molecule has 0 aliphatic carbocycles. The average Bonchev–Trinajstić information content (AvgIpc) is 1.85. The van der Waals surface area contributed by atoms with Crippen LogP contribution in [0.2, 0.25) is 0 Å². The van der Waals surface area contributed by atoms with Gasteiger partial charge in [-0.1, -0.05) is 13.3 Å². The zero-order valence-corrected chi connectivity index (χ0v) is 5.59. The van der Waals surface area contributed by atoms with E-state index in [1.807, 2.05) is 6.92 Å². The Morgan fingerprint density at radius 2 is 2.44 bits per heavy atom. The molecule has 0 aromatic heterocycles. The minimum atomic E-state index is 0.194. The first-order valence-corrected chi connectivity index (χ1v) is 3.09. The van der Waals surface area contributed by atoms with Crippen LogP contribution in [0.4, 0.5) is 0 Å². The number of nitrogens with zero attached hydrogens (tertiary/aromatic N) is 1. The fourth-order valence-electron chi connectivity index (χ4n) is 0.505. The standard InChI is InChI=1S/C7H11NO/c1-2-3-4-7(9)5-6-8/h5,9H,2-4H2,1H3/b7-5-. The van der Waals surface area contributed by atoms with Gasteiger partial charge in [0, 0.05) is 6.42 Å². The highest BCUT2D eigenvalue weighted by Crippen LogP contribution is 2.01. The van der Waals surface area contributed by atoms with Crippen LogP contribution >= 0.6 is 0 Å². The molecule has 0 fully saturated rings. The molecule has 0 saturated carbocycles. The van der Waals surface area contributed by atoms with Crippen LogP contribution in [0.15, 0.2) is 11.8 Å². The van der Waals surface area contributed by atoms with Gasteiger partial charge in [0.2, 0.25) is 0 Å². The number of hydrogen-bond acceptors (Lipinski definition) is 2. The van der Waals surface area contributed by atoms with Crippen LogP contribution in [0.5, 0.6) is 0 Å². The van der Waals surface area contributed by atoms with E-state index in [-0.39, 0.29) is 5.76 Å². The van der Waals surface area contributed by atoms with Gasteiger partial charge in [-0.25, -0.2) is 0 Å². The summed E-state index contributed by atoms with van der Waals surface area (Å²) in [6.07, 6.45) is 3.80. The predicted molar refractivity (Wildman–Crippen MR) is 35.8 cm³/mol. The Hall–Kier alpha value is -0.970. The Balaban J connectivity index is 3.40. The second kappa shape index (κ2) is 5.17. The molecule has 0 rings (SSSR count). The Morgan fingerprint density at radius 3 is 2.89 bits per heavy atom. The van der Waals surface area contributed by atoms with Crippen LogP contribution in [0.1, 0.15) is 26.2 Å². The molecule has 9 heavy (non-hydrogen) atoms. The first kappa shape index (κ1) is 8.03. The van der Waals surface area contributed by atoms with Crippen molar-refractivity contribution in [2.24, 2.45) is 0 Å². The second-order valence-corrected chi connectivity index (χ2v) is 1.87. The number of nitriles is 1. The van der Waals surface area contributed by atoms with Crippen molar-refractivity contribution in [3.63, 3.8) is 0 Å². The highest BCUT2D eigenvalue weighted by molar-refractivity contribution is 5.06. The van der Waals surface area contributed by atoms with Gasteiger partial charge < -0.3 is 5.11 Å². The van der Waals surface area contributed by atoms with Crippen molar-refractivity contribution >= 4 is 0 Å². The van der Waals surface area contributed by atoms with Gasteiger partial charge in [0.25, 0.3) is 0 Å². The van der Waals surface area contributed by atoms with Crippen molar-refractivity contribution in [3.05, 3.63) is 11.8 Å². The SMILES string of the molecule is CCCC/C(O)=C/C#N. The molecule has 0 heterocycles. The first-order chi connectivity index (χ1) is 4.31. The third-order valence-electron chi connectivity index (χ3n) is 1.02. The number of rotatable bonds is 3. The van der Waals surface area contributed by atoms with Crippen LogP contribution in [-0.4, -0.2) is 5.11 Å². The fourth-order valence-corrected chi connectivity index (χ4v) is 0.505. The predicted octanol–water partition coefficient (Wildman–Crippen LogP) is 2.14. The Bertz CT molecular complexity index is 132. The summed E-state index contributed by atoms with van der Waals surface area (Å²) in [5.41, 5.74) is 0. The summed E-state index contributed by atoms with van der Waals surface area (Å²) >= 11 is 0. The maximum Gasteiger partial charge on any atom is 0.103 e. The van der Waals surface area contributed by atoms with Crippen LogP contribution in [0, 0.1) is 11.3 Å². The van der Waals surface area contributed by atoms with Crippen molar-refractivity contribution in [1.29, 1.82) is 5.26 Å². The average molecular weight is 125 g/mol. The summed E-state index contributed by atoms with van der Waals surface area (Å²) < 4.78 is 0. The lowest BCUT2D eigenvalue weighted by Crippen LogP contribution is -1.79. The molecule has 0 aliphatic heterocycles. The van der Waals surface area contributed by atoms with Crippen molar-refractivity contribution < 1.29 is 5.11 Å². The molecule has 0 aromatic carbocycles. The number of aliphatic hydroxyl groups is 1. The molecule has 1 N–H and O–H groups in total. The highest BCUT2D eigenvalue weighted by Gasteiger charge is 1.88. The van der Waals surface area contributed by atoms with E-state index in [2.05, 4.69) is 0 Å². The molecule has 2 heteroatoms. The normalized spacial score (nSPS) is 10.9. The van der Waals surface area contributed by atoms with Gasteiger partial charge in [0.15, 0.2) is 0 Å². The van der Waals surface area contributed by atoms with Gasteiger partial charge in [0.1, 0.15) is 5.76 Å².